The molecule has 0 aliphatic rings. The third kappa shape index (κ3) is 10.7. The van der Waals surface area contributed by atoms with Gasteiger partial charge >= 0.3 is 0 Å². The fourth-order valence-electron chi connectivity index (χ4n) is 11.6. The Balaban J connectivity index is 1.07. The van der Waals surface area contributed by atoms with Gasteiger partial charge in [-0.1, -0.05) is 194 Å². The molecule has 0 atom stereocenters. The summed E-state index contributed by atoms with van der Waals surface area (Å²) in [5.74, 6) is 0. The molecule has 6 heteroatoms. The van der Waals surface area contributed by atoms with Crippen molar-refractivity contribution in [3.63, 3.8) is 0 Å². The van der Waals surface area contributed by atoms with Gasteiger partial charge in [-0.15, -0.1) is 0 Å². The predicted molar refractivity (Wildman–Crippen MR) is 358 cm³/mol. The lowest BCUT2D eigenvalue weighted by molar-refractivity contribution is 1.28. The zero-order valence-corrected chi connectivity index (χ0v) is 47.0. The third-order valence-corrected chi connectivity index (χ3v) is 15.5. The number of benzene rings is 13. The molecule has 0 heterocycles. The lowest BCUT2D eigenvalue weighted by Crippen LogP contribution is -2.10. The van der Waals surface area contributed by atoms with E-state index in [2.05, 4.69) is 273 Å². The zero-order valence-electron chi connectivity index (χ0n) is 47.0. The fourth-order valence-corrected chi connectivity index (χ4v) is 11.6. The minimum Gasteiger partial charge on any atom is -0.311 e. The van der Waals surface area contributed by atoms with Crippen molar-refractivity contribution < 1.29 is 0 Å². The maximum absolute atomic E-state index is 11.9. The molecule has 0 saturated heterocycles. The van der Waals surface area contributed by atoms with Gasteiger partial charge in [0.05, 0.1) is 18.2 Å². The van der Waals surface area contributed by atoms with Crippen molar-refractivity contribution in [2.45, 2.75) is 0 Å². The molecule has 13 aromatic carbocycles. The number of rotatable bonds is 16. The minimum atomic E-state index is 0.270. The molecular weight excluding hydrogens is 1040 g/mol. The number of hydrogen-bond acceptors (Lipinski definition) is 5. The van der Waals surface area contributed by atoms with Gasteiger partial charge in [-0.25, -0.2) is 4.85 Å². The number of nitriles is 1. The molecule has 0 amide bonds. The van der Waals surface area contributed by atoms with E-state index in [4.69, 9.17) is 0 Å². The number of nitrogens with zero attached hydrogens (tertiary/aromatic N) is 6. The largest absolute Gasteiger partial charge is 0.311 e. The Morgan fingerprint density at radius 1 is 0.221 bits per heavy atom. The van der Waals surface area contributed by atoms with E-state index in [0.717, 1.165) is 102 Å². The van der Waals surface area contributed by atoms with Crippen molar-refractivity contribution in [2.24, 2.45) is 0 Å². The highest BCUT2D eigenvalue weighted by molar-refractivity contribution is 6.10. The van der Waals surface area contributed by atoms with E-state index in [1.54, 1.807) is 0 Å². The van der Waals surface area contributed by atoms with Gasteiger partial charge in [0, 0.05) is 68.2 Å². The molecule has 0 aliphatic carbocycles. The van der Waals surface area contributed by atoms with Crippen LogP contribution in [0.5, 0.6) is 0 Å². The minimum absolute atomic E-state index is 0.270. The van der Waals surface area contributed by atoms with E-state index in [1.165, 1.54) is 0 Å². The van der Waals surface area contributed by atoms with Crippen LogP contribution in [0, 0.1) is 17.9 Å². The van der Waals surface area contributed by atoms with Crippen molar-refractivity contribution >= 4 is 73.9 Å². The molecule has 6 nitrogen and oxygen atoms in total. The quantitative estimate of drug-likeness (QED) is 0.0902. The van der Waals surface area contributed by atoms with Gasteiger partial charge in [0.25, 0.3) is 0 Å². The summed E-state index contributed by atoms with van der Waals surface area (Å²) >= 11 is 0. The van der Waals surface area contributed by atoms with Crippen LogP contribution in [0.1, 0.15) is 5.56 Å². The summed E-state index contributed by atoms with van der Waals surface area (Å²) in [6, 6.07) is 120. The van der Waals surface area contributed by atoms with Crippen molar-refractivity contribution in [3.8, 4) is 50.6 Å². The molecule has 0 saturated carbocycles. The molecule has 13 aromatic rings. The lowest BCUT2D eigenvalue weighted by atomic mass is 9.79. The fraction of sp³-hybridized carbons (Fsp3) is 0. The lowest BCUT2D eigenvalue weighted by Gasteiger charge is -2.28. The highest BCUT2D eigenvalue weighted by atomic mass is 15.2. The normalized spacial score (nSPS) is 10.8. The molecule has 406 valence electrons. The number of hydrogen-bond donors (Lipinski definition) is 0. The van der Waals surface area contributed by atoms with Crippen molar-refractivity contribution in [1.82, 2.24) is 0 Å². The molecule has 0 spiro atoms. The van der Waals surface area contributed by atoms with Gasteiger partial charge in [-0.3, -0.25) is 0 Å². The highest BCUT2D eigenvalue weighted by Gasteiger charge is 2.29. The SMILES string of the molecule is [C-]#[N+]c1c(C#N)c(-c2ccc(N(c3ccccc3)c3ccccc3)cc2)c(-c2ccc(N(c3ccccc3)c3ccccc3)cc2)c(-c2ccc(N(c3ccccc3)c3ccccc3)cc2)c1-c1ccc(N(c2ccccc2)c2ccccc2)cc1. The van der Waals surface area contributed by atoms with Crippen molar-refractivity contribution in [1.29, 1.82) is 5.26 Å². The second-order valence-corrected chi connectivity index (χ2v) is 20.7. The van der Waals surface area contributed by atoms with Gasteiger partial charge < -0.3 is 19.6 Å². The Morgan fingerprint density at radius 2 is 0.395 bits per heavy atom. The molecule has 86 heavy (non-hydrogen) atoms. The first-order chi connectivity index (χ1) is 42.6. The third-order valence-electron chi connectivity index (χ3n) is 15.5. The standard InChI is InChI=1S/C80H56N6/c1-82-80-75(58-81)76(59-42-50-71(51-43-59)83(63-26-10-2-11-27-63)64-28-12-3-13-29-64)77(60-44-52-72(53-45-60)84(65-30-14-4-15-31-65)66-32-16-5-17-33-66)78(61-46-54-73(55-47-61)85(67-34-18-6-19-35-67)68-36-20-7-21-37-68)79(80)62-48-56-74(57-49-62)86(69-38-22-8-23-39-69)70-40-24-9-25-41-70/h2-57H. The van der Waals surface area contributed by atoms with E-state index < -0.39 is 0 Å². The summed E-state index contributed by atoms with van der Waals surface area (Å²) < 4.78 is 0. The maximum Gasteiger partial charge on any atom is 0.213 e. The first-order valence-corrected chi connectivity index (χ1v) is 28.7. The van der Waals surface area contributed by atoms with Crippen LogP contribution >= 0.6 is 0 Å². The Kier molecular flexibility index (Phi) is 15.3. The number of para-hydroxylation sites is 8. The van der Waals surface area contributed by atoms with Crippen LogP contribution in [0.3, 0.4) is 0 Å². The second-order valence-electron chi connectivity index (χ2n) is 20.7. The number of anilines is 12. The monoisotopic (exact) mass is 1100 g/mol. The summed E-state index contributed by atoms with van der Waals surface area (Å²) in [5.41, 5.74) is 18.8. The molecule has 0 radical (unpaired) electrons. The van der Waals surface area contributed by atoms with E-state index in [-0.39, 0.29) is 5.69 Å². The first kappa shape index (κ1) is 53.4. The van der Waals surface area contributed by atoms with Crippen LogP contribution in [-0.4, -0.2) is 0 Å². The van der Waals surface area contributed by atoms with E-state index in [9.17, 15) is 11.8 Å². The maximum atomic E-state index is 11.9. The van der Waals surface area contributed by atoms with E-state index in [0.29, 0.717) is 16.7 Å². The van der Waals surface area contributed by atoms with Gasteiger partial charge in [0.2, 0.25) is 5.69 Å². The van der Waals surface area contributed by atoms with E-state index >= 15 is 0 Å². The molecular formula is C80H56N6. The molecule has 0 N–H and O–H groups in total. The van der Waals surface area contributed by atoms with E-state index in [1.807, 2.05) is 97.1 Å². The molecule has 0 bridgehead atoms. The van der Waals surface area contributed by atoms with Gasteiger partial charge in [-0.05, 0) is 190 Å². The van der Waals surface area contributed by atoms with Crippen LogP contribution in [0.2, 0.25) is 0 Å². The Hall–Kier alpha value is -12.0. The summed E-state index contributed by atoms with van der Waals surface area (Å²) in [7, 11) is 0. The average molecular weight is 1100 g/mol. The summed E-state index contributed by atoms with van der Waals surface area (Å²) in [5, 5.41) is 11.9. The summed E-state index contributed by atoms with van der Waals surface area (Å²) in [6.45, 7) is 9.25. The average Bonchev–Trinajstić information content (AvgIpc) is 0.856. The zero-order chi connectivity index (χ0) is 58.0. The van der Waals surface area contributed by atoms with Crippen molar-refractivity contribution in [3.05, 3.63) is 357 Å². The molecule has 0 aliphatic heterocycles. The highest BCUT2D eigenvalue weighted by Crippen LogP contribution is 2.54. The topological polar surface area (TPSA) is 41.1 Å². The van der Waals surface area contributed by atoms with Crippen LogP contribution in [-0.2, 0) is 0 Å². The Morgan fingerprint density at radius 3 is 0.593 bits per heavy atom. The molecule has 0 fully saturated rings. The Bertz CT molecular complexity index is 4010. The van der Waals surface area contributed by atoms with Crippen LogP contribution in [0.25, 0.3) is 49.4 Å². The van der Waals surface area contributed by atoms with Gasteiger partial charge in [-0.2, -0.15) is 5.26 Å². The molecule has 0 aromatic heterocycles. The van der Waals surface area contributed by atoms with Crippen LogP contribution < -0.4 is 19.6 Å². The predicted octanol–water partition coefficient (Wildman–Crippen LogP) is 22.7. The Labute approximate surface area is 503 Å². The van der Waals surface area contributed by atoms with Crippen LogP contribution in [0.15, 0.2) is 340 Å². The van der Waals surface area contributed by atoms with Gasteiger partial charge in [0.15, 0.2) is 0 Å². The second kappa shape index (κ2) is 24.6. The smallest absolute Gasteiger partial charge is 0.213 e. The molecule has 13 rings (SSSR count). The summed E-state index contributed by atoms with van der Waals surface area (Å²) in [6.07, 6.45) is 0. The van der Waals surface area contributed by atoms with Crippen molar-refractivity contribution in [2.75, 3.05) is 19.6 Å². The first-order valence-electron chi connectivity index (χ1n) is 28.7. The van der Waals surface area contributed by atoms with Gasteiger partial charge in [0.1, 0.15) is 0 Å². The molecule has 0 unspecified atom stereocenters. The van der Waals surface area contributed by atoms with Crippen LogP contribution in [0.4, 0.5) is 73.9 Å². The summed E-state index contributed by atoms with van der Waals surface area (Å²) in [4.78, 5) is 13.4.